The van der Waals surface area contributed by atoms with Gasteiger partial charge in [-0.3, -0.25) is 9.59 Å². The first kappa shape index (κ1) is 21.4. The summed E-state index contributed by atoms with van der Waals surface area (Å²) in [5.74, 6) is -1.29. The van der Waals surface area contributed by atoms with Gasteiger partial charge in [-0.25, -0.2) is 9.78 Å². The van der Waals surface area contributed by atoms with Crippen LogP contribution >= 0.6 is 11.3 Å². The number of para-hydroxylation sites is 1. The Morgan fingerprint density at radius 2 is 1.97 bits per heavy atom. The van der Waals surface area contributed by atoms with E-state index in [1.807, 2.05) is 32.0 Å². The number of anilines is 1. The van der Waals surface area contributed by atoms with Crippen molar-refractivity contribution in [2.75, 3.05) is 25.0 Å². The number of amides is 2. The monoisotopic (exact) mass is 425 g/mol. The van der Waals surface area contributed by atoms with Crippen molar-refractivity contribution in [2.24, 2.45) is 0 Å². The van der Waals surface area contributed by atoms with E-state index in [1.165, 1.54) is 16.2 Å². The number of ether oxygens (including phenoxy) is 1. The number of aryl methyl sites for hydroxylation is 1. The Morgan fingerprint density at radius 3 is 2.73 bits per heavy atom. The van der Waals surface area contributed by atoms with Gasteiger partial charge >= 0.3 is 5.97 Å². The Labute approximate surface area is 178 Å². The smallest absolute Gasteiger partial charge is 0.338 e. The van der Waals surface area contributed by atoms with Crippen molar-refractivity contribution in [1.82, 2.24) is 9.88 Å². The molecule has 1 heterocycles. The summed E-state index contributed by atoms with van der Waals surface area (Å²) in [6, 6.07) is 12.5. The second-order valence-corrected chi connectivity index (χ2v) is 7.68. The summed E-state index contributed by atoms with van der Waals surface area (Å²) >= 11 is 1.42. The van der Waals surface area contributed by atoms with Crippen molar-refractivity contribution in [2.45, 2.75) is 20.3 Å². The first-order valence-electron chi connectivity index (χ1n) is 9.61. The van der Waals surface area contributed by atoms with Gasteiger partial charge in [-0.2, -0.15) is 0 Å². The third-order valence-corrected chi connectivity index (χ3v) is 5.29. The predicted octanol–water partition coefficient (Wildman–Crippen LogP) is 3.64. The molecule has 0 saturated carbocycles. The molecular weight excluding hydrogens is 402 g/mol. The van der Waals surface area contributed by atoms with Crippen LogP contribution in [0.3, 0.4) is 0 Å². The molecule has 0 atom stereocenters. The molecule has 2 aromatic carbocycles. The highest BCUT2D eigenvalue weighted by molar-refractivity contribution is 7.16. The zero-order valence-corrected chi connectivity index (χ0v) is 17.7. The molecule has 0 aliphatic heterocycles. The highest BCUT2D eigenvalue weighted by Crippen LogP contribution is 2.19. The second-order valence-electron chi connectivity index (χ2n) is 6.79. The molecule has 0 aliphatic carbocycles. The average molecular weight is 426 g/mol. The van der Waals surface area contributed by atoms with Crippen LogP contribution in [-0.2, 0) is 14.3 Å². The maximum atomic E-state index is 12.6. The topological polar surface area (TPSA) is 88.6 Å². The van der Waals surface area contributed by atoms with Crippen LogP contribution in [0.1, 0.15) is 29.3 Å². The third kappa shape index (κ3) is 5.42. The molecule has 0 aliphatic rings. The maximum absolute atomic E-state index is 12.6. The number of carbonyl (C=O) groups excluding carboxylic acids is 3. The number of aromatic nitrogens is 1. The summed E-state index contributed by atoms with van der Waals surface area (Å²) in [5, 5.41) is 2.81. The van der Waals surface area contributed by atoms with Crippen LogP contribution in [0, 0.1) is 6.92 Å². The van der Waals surface area contributed by atoms with Crippen molar-refractivity contribution >= 4 is 45.0 Å². The van der Waals surface area contributed by atoms with Gasteiger partial charge in [-0.05, 0) is 43.2 Å². The Kier molecular flexibility index (Phi) is 7.13. The minimum Gasteiger partial charge on any atom is -0.452 e. The minimum atomic E-state index is -0.584. The van der Waals surface area contributed by atoms with Gasteiger partial charge in [-0.15, -0.1) is 11.3 Å². The molecule has 2 amide bonds. The number of hydrogen-bond donors (Lipinski definition) is 1. The molecule has 3 aromatic rings. The Balaban J connectivity index is 1.57. The molecule has 3 rings (SSSR count). The predicted molar refractivity (Wildman–Crippen MR) is 117 cm³/mol. The van der Waals surface area contributed by atoms with Crippen LogP contribution in [0.5, 0.6) is 0 Å². The van der Waals surface area contributed by atoms with E-state index in [4.69, 9.17) is 4.74 Å². The molecule has 8 heteroatoms. The quantitative estimate of drug-likeness (QED) is 0.557. The van der Waals surface area contributed by atoms with Crippen molar-refractivity contribution < 1.29 is 19.1 Å². The van der Waals surface area contributed by atoms with E-state index in [2.05, 4.69) is 10.3 Å². The van der Waals surface area contributed by atoms with Gasteiger partial charge in [-0.1, -0.05) is 25.1 Å². The van der Waals surface area contributed by atoms with Crippen LogP contribution in [-0.4, -0.2) is 47.4 Å². The molecule has 0 unspecified atom stereocenters. The lowest BCUT2D eigenvalue weighted by atomic mass is 10.2. The molecule has 0 bridgehead atoms. The van der Waals surface area contributed by atoms with E-state index in [0.29, 0.717) is 24.2 Å². The van der Waals surface area contributed by atoms with Crippen molar-refractivity contribution in [3.8, 4) is 0 Å². The van der Waals surface area contributed by atoms with E-state index in [9.17, 15) is 14.4 Å². The average Bonchev–Trinajstić information content (AvgIpc) is 3.21. The van der Waals surface area contributed by atoms with Crippen LogP contribution in [0.4, 0.5) is 5.69 Å². The third-order valence-electron chi connectivity index (χ3n) is 4.49. The van der Waals surface area contributed by atoms with Gasteiger partial charge in [0.25, 0.3) is 5.91 Å². The molecule has 7 nitrogen and oxygen atoms in total. The van der Waals surface area contributed by atoms with Crippen molar-refractivity contribution in [1.29, 1.82) is 0 Å². The van der Waals surface area contributed by atoms with Crippen LogP contribution in [0.25, 0.3) is 10.2 Å². The summed E-state index contributed by atoms with van der Waals surface area (Å²) in [6.07, 6.45) is 0.680. The standard InChI is InChI=1S/C22H23N3O4S/c1-3-10-25(12-20(26)24-17-7-5-4-6-15(17)2)21(27)13-29-22(28)16-8-9-18-19(11-16)30-14-23-18/h4-9,11,14H,3,10,12-13H2,1-2H3,(H,24,26). The van der Waals surface area contributed by atoms with Gasteiger partial charge in [0, 0.05) is 12.2 Å². The summed E-state index contributed by atoms with van der Waals surface area (Å²) in [5.41, 5.74) is 4.51. The zero-order chi connectivity index (χ0) is 21.5. The molecule has 30 heavy (non-hydrogen) atoms. The number of nitrogens with zero attached hydrogens (tertiary/aromatic N) is 2. The molecule has 0 fully saturated rings. The Morgan fingerprint density at radius 1 is 1.17 bits per heavy atom. The van der Waals surface area contributed by atoms with Gasteiger partial charge in [0.1, 0.15) is 0 Å². The largest absolute Gasteiger partial charge is 0.452 e. The Bertz CT molecular complexity index is 1060. The summed E-state index contributed by atoms with van der Waals surface area (Å²) in [4.78, 5) is 42.8. The van der Waals surface area contributed by atoms with Gasteiger partial charge < -0.3 is 15.0 Å². The lowest BCUT2D eigenvalue weighted by Gasteiger charge is -2.21. The van der Waals surface area contributed by atoms with Crippen LogP contribution in [0.2, 0.25) is 0 Å². The first-order chi connectivity index (χ1) is 14.5. The lowest BCUT2D eigenvalue weighted by molar-refractivity contribution is -0.137. The number of thiazole rings is 1. The molecule has 1 N–H and O–H groups in total. The lowest BCUT2D eigenvalue weighted by Crippen LogP contribution is -2.40. The number of hydrogen-bond acceptors (Lipinski definition) is 6. The number of nitrogens with one attached hydrogen (secondary N) is 1. The number of benzene rings is 2. The summed E-state index contributed by atoms with van der Waals surface area (Å²) < 4.78 is 6.06. The number of fused-ring (bicyclic) bond motifs is 1. The molecular formula is C22H23N3O4S. The second kappa shape index (κ2) is 9.98. The fourth-order valence-electron chi connectivity index (χ4n) is 2.92. The van der Waals surface area contributed by atoms with E-state index in [1.54, 1.807) is 29.8 Å². The normalized spacial score (nSPS) is 10.6. The van der Waals surface area contributed by atoms with Gasteiger partial charge in [0.15, 0.2) is 6.61 Å². The first-order valence-corrected chi connectivity index (χ1v) is 10.5. The number of esters is 1. The minimum absolute atomic E-state index is 0.106. The zero-order valence-electron chi connectivity index (χ0n) is 16.9. The fraction of sp³-hybridized carbons (Fsp3) is 0.273. The fourth-order valence-corrected chi connectivity index (χ4v) is 3.64. The van der Waals surface area contributed by atoms with Gasteiger partial charge in [0.05, 0.1) is 27.8 Å². The Hall–Kier alpha value is -3.26. The van der Waals surface area contributed by atoms with E-state index in [-0.39, 0.29) is 12.5 Å². The molecule has 1 aromatic heterocycles. The number of rotatable bonds is 8. The van der Waals surface area contributed by atoms with E-state index < -0.39 is 18.5 Å². The molecule has 0 spiro atoms. The molecule has 156 valence electrons. The van der Waals surface area contributed by atoms with E-state index in [0.717, 1.165) is 15.8 Å². The van der Waals surface area contributed by atoms with E-state index >= 15 is 0 Å². The van der Waals surface area contributed by atoms with Crippen LogP contribution in [0.15, 0.2) is 48.0 Å². The van der Waals surface area contributed by atoms with Crippen molar-refractivity contribution in [3.05, 3.63) is 59.1 Å². The summed E-state index contributed by atoms with van der Waals surface area (Å²) in [7, 11) is 0. The highest BCUT2D eigenvalue weighted by atomic mass is 32.1. The van der Waals surface area contributed by atoms with Crippen molar-refractivity contribution in [3.63, 3.8) is 0 Å². The maximum Gasteiger partial charge on any atom is 0.338 e. The SMILES string of the molecule is CCCN(CC(=O)Nc1ccccc1C)C(=O)COC(=O)c1ccc2ncsc2c1. The summed E-state index contributed by atoms with van der Waals surface area (Å²) in [6.45, 7) is 3.68. The highest BCUT2D eigenvalue weighted by Gasteiger charge is 2.19. The van der Waals surface area contributed by atoms with Crippen LogP contribution < -0.4 is 5.32 Å². The number of carbonyl (C=O) groups is 3. The van der Waals surface area contributed by atoms with Gasteiger partial charge in [0.2, 0.25) is 5.91 Å². The molecule has 0 radical (unpaired) electrons. The molecule has 0 saturated heterocycles.